The summed E-state index contributed by atoms with van der Waals surface area (Å²) in [6.07, 6.45) is 9.14. The van der Waals surface area contributed by atoms with Crippen molar-refractivity contribution in [3.8, 4) is 0 Å². The van der Waals surface area contributed by atoms with E-state index < -0.39 is 0 Å². The fraction of sp³-hybridized carbons (Fsp3) is 0.933. The quantitative estimate of drug-likeness (QED) is 0.345. The maximum Gasteiger partial charge on any atom is 0.191 e. The summed E-state index contributed by atoms with van der Waals surface area (Å²) in [6.45, 7) is 7.87. The molecular weight excluding hydrogens is 363 g/mol. The molecule has 0 aromatic carbocycles. The van der Waals surface area contributed by atoms with Gasteiger partial charge in [-0.1, -0.05) is 6.42 Å². The van der Waals surface area contributed by atoms with Crippen molar-refractivity contribution in [3.63, 3.8) is 0 Å². The first-order valence-corrected chi connectivity index (χ1v) is 8.06. The Balaban J connectivity index is 0.00000200. The van der Waals surface area contributed by atoms with Gasteiger partial charge in [0.1, 0.15) is 0 Å². The normalized spacial score (nSPS) is 25.4. The number of nitrogens with two attached hydrogens (primary N) is 1. The highest BCUT2D eigenvalue weighted by Gasteiger charge is 2.17. The van der Waals surface area contributed by atoms with E-state index in [2.05, 4.69) is 21.7 Å². The second-order valence-corrected chi connectivity index (χ2v) is 6.02. The zero-order valence-electron chi connectivity index (χ0n) is 12.9. The van der Waals surface area contributed by atoms with Crippen LogP contribution >= 0.6 is 24.0 Å². The molecule has 0 bridgehead atoms. The van der Waals surface area contributed by atoms with E-state index in [-0.39, 0.29) is 24.0 Å². The summed E-state index contributed by atoms with van der Waals surface area (Å²) in [7, 11) is 0. The third-order valence-electron chi connectivity index (χ3n) is 4.50. The highest BCUT2D eigenvalue weighted by molar-refractivity contribution is 14.0. The highest BCUT2D eigenvalue weighted by atomic mass is 127. The highest BCUT2D eigenvalue weighted by Crippen LogP contribution is 2.16. The van der Waals surface area contributed by atoms with Gasteiger partial charge in [0.25, 0.3) is 0 Å². The first kappa shape index (κ1) is 18.0. The molecule has 5 heteroatoms. The van der Waals surface area contributed by atoms with Gasteiger partial charge in [0, 0.05) is 32.2 Å². The van der Waals surface area contributed by atoms with E-state index in [0.29, 0.717) is 0 Å². The van der Waals surface area contributed by atoms with Gasteiger partial charge in [-0.2, -0.15) is 0 Å². The van der Waals surface area contributed by atoms with Crippen LogP contribution in [0.2, 0.25) is 0 Å². The number of nitrogens with zero attached hydrogens (tertiary/aromatic N) is 3. The zero-order chi connectivity index (χ0) is 13.5. The van der Waals surface area contributed by atoms with Crippen LogP contribution in [0.25, 0.3) is 0 Å². The van der Waals surface area contributed by atoms with Crippen LogP contribution in [0.4, 0.5) is 0 Å². The van der Waals surface area contributed by atoms with Crippen LogP contribution in [0.15, 0.2) is 4.99 Å². The molecule has 2 aliphatic rings. The molecule has 2 saturated heterocycles. The van der Waals surface area contributed by atoms with Gasteiger partial charge in [0.2, 0.25) is 0 Å². The van der Waals surface area contributed by atoms with Crippen molar-refractivity contribution >= 4 is 29.9 Å². The largest absolute Gasteiger partial charge is 0.370 e. The van der Waals surface area contributed by atoms with Gasteiger partial charge in [0.15, 0.2) is 5.96 Å². The lowest BCUT2D eigenvalue weighted by molar-refractivity contribution is 0.160. The monoisotopic (exact) mass is 394 g/mol. The predicted octanol–water partition coefficient (Wildman–Crippen LogP) is 2.67. The van der Waals surface area contributed by atoms with E-state index >= 15 is 0 Å². The Morgan fingerprint density at radius 2 is 1.80 bits per heavy atom. The van der Waals surface area contributed by atoms with Crippen LogP contribution in [0.1, 0.15) is 51.9 Å². The number of halogens is 1. The van der Waals surface area contributed by atoms with Crippen LogP contribution in [0.3, 0.4) is 0 Å². The standard InChI is InChI=1S/C15H30N4.HI/c1-14-8-3-6-10-18(14)13-7-9-17-15(16)19-11-4-2-5-12-19;/h14H,2-13H2,1H3,(H2,16,17);1H. The lowest BCUT2D eigenvalue weighted by Gasteiger charge is -2.33. The minimum absolute atomic E-state index is 0. The fourth-order valence-corrected chi connectivity index (χ4v) is 3.18. The molecule has 2 aliphatic heterocycles. The van der Waals surface area contributed by atoms with Crippen molar-refractivity contribution < 1.29 is 0 Å². The van der Waals surface area contributed by atoms with Crippen LogP contribution < -0.4 is 5.73 Å². The number of likely N-dealkylation sites (tertiary alicyclic amines) is 2. The lowest BCUT2D eigenvalue weighted by Crippen LogP contribution is -2.41. The number of rotatable bonds is 4. The maximum absolute atomic E-state index is 6.06. The molecule has 20 heavy (non-hydrogen) atoms. The van der Waals surface area contributed by atoms with E-state index in [1.54, 1.807) is 0 Å². The summed E-state index contributed by atoms with van der Waals surface area (Å²) in [6, 6.07) is 0.761. The number of aliphatic imine (C=N–C) groups is 1. The Hall–Kier alpha value is -0.0400. The van der Waals surface area contributed by atoms with Crippen molar-refractivity contribution in [2.45, 2.75) is 57.9 Å². The van der Waals surface area contributed by atoms with E-state index in [4.69, 9.17) is 5.73 Å². The molecule has 0 aromatic rings. The molecule has 2 rings (SSSR count). The minimum Gasteiger partial charge on any atom is -0.370 e. The first-order valence-electron chi connectivity index (χ1n) is 8.06. The Bertz CT molecular complexity index is 290. The maximum atomic E-state index is 6.06. The number of piperidine rings is 2. The summed E-state index contributed by atoms with van der Waals surface area (Å²) in [5.74, 6) is 0.770. The van der Waals surface area contributed by atoms with Crippen LogP contribution in [-0.2, 0) is 0 Å². The first-order chi connectivity index (χ1) is 9.27. The van der Waals surface area contributed by atoms with Gasteiger partial charge < -0.3 is 15.5 Å². The molecule has 0 amide bonds. The van der Waals surface area contributed by atoms with Crippen molar-refractivity contribution in [1.29, 1.82) is 0 Å². The number of guanidine groups is 1. The zero-order valence-corrected chi connectivity index (χ0v) is 15.2. The Morgan fingerprint density at radius 3 is 2.50 bits per heavy atom. The molecule has 118 valence electrons. The van der Waals surface area contributed by atoms with Gasteiger partial charge in [-0.25, -0.2) is 0 Å². The average Bonchev–Trinajstić information content (AvgIpc) is 2.46. The van der Waals surface area contributed by atoms with Crippen LogP contribution in [0, 0.1) is 0 Å². The second-order valence-electron chi connectivity index (χ2n) is 6.02. The van der Waals surface area contributed by atoms with Gasteiger partial charge in [-0.3, -0.25) is 4.99 Å². The number of hydrogen-bond donors (Lipinski definition) is 1. The molecule has 1 unspecified atom stereocenters. The Morgan fingerprint density at radius 1 is 1.10 bits per heavy atom. The number of hydrogen-bond acceptors (Lipinski definition) is 2. The van der Waals surface area contributed by atoms with Crippen molar-refractivity contribution in [2.24, 2.45) is 10.7 Å². The molecule has 0 saturated carbocycles. The van der Waals surface area contributed by atoms with Gasteiger partial charge >= 0.3 is 0 Å². The molecule has 0 radical (unpaired) electrons. The lowest BCUT2D eigenvalue weighted by atomic mass is 10.0. The van der Waals surface area contributed by atoms with Gasteiger partial charge in [0.05, 0.1) is 0 Å². The second kappa shape index (κ2) is 9.82. The average molecular weight is 394 g/mol. The van der Waals surface area contributed by atoms with Gasteiger partial charge in [-0.15, -0.1) is 24.0 Å². The molecule has 2 N–H and O–H groups in total. The van der Waals surface area contributed by atoms with Gasteiger partial charge in [-0.05, 0) is 52.0 Å². The molecule has 0 aliphatic carbocycles. The topological polar surface area (TPSA) is 44.9 Å². The third kappa shape index (κ3) is 5.76. The molecule has 4 nitrogen and oxygen atoms in total. The van der Waals surface area contributed by atoms with E-state index in [9.17, 15) is 0 Å². The molecule has 1 atom stereocenters. The summed E-state index contributed by atoms with van der Waals surface area (Å²) in [5.41, 5.74) is 6.06. The van der Waals surface area contributed by atoms with E-state index in [0.717, 1.165) is 38.1 Å². The molecule has 0 aromatic heterocycles. The minimum atomic E-state index is 0. The Labute approximate surface area is 141 Å². The van der Waals surface area contributed by atoms with E-state index in [1.165, 1.54) is 51.6 Å². The van der Waals surface area contributed by atoms with Crippen molar-refractivity contribution in [2.75, 3.05) is 32.7 Å². The molecule has 2 fully saturated rings. The van der Waals surface area contributed by atoms with Crippen molar-refractivity contribution in [1.82, 2.24) is 9.80 Å². The fourth-order valence-electron chi connectivity index (χ4n) is 3.18. The molecule has 0 spiro atoms. The van der Waals surface area contributed by atoms with Crippen LogP contribution in [-0.4, -0.2) is 54.5 Å². The molecule has 2 heterocycles. The summed E-state index contributed by atoms with van der Waals surface area (Å²) in [5, 5.41) is 0. The summed E-state index contributed by atoms with van der Waals surface area (Å²) >= 11 is 0. The summed E-state index contributed by atoms with van der Waals surface area (Å²) < 4.78 is 0. The SMILES string of the molecule is CC1CCCCN1CCCN=C(N)N1CCCCC1.I. The van der Waals surface area contributed by atoms with Crippen molar-refractivity contribution in [3.05, 3.63) is 0 Å². The third-order valence-corrected chi connectivity index (χ3v) is 4.50. The molecular formula is C15H31IN4. The predicted molar refractivity (Wildman–Crippen MR) is 96.8 cm³/mol. The summed E-state index contributed by atoms with van der Waals surface area (Å²) in [4.78, 5) is 9.40. The smallest absolute Gasteiger partial charge is 0.191 e. The Kier molecular flexibility index (Phi) is 8.84. The van der Waals surface area contributed by atoms with E-state index in [1.807, 2.05) is 0 Å². The van der Waals surface area contributed by atoms with Crippen LogP contribution in [0.5, 0.6) is 0 Å².